The van der Waals surface area contributed by atoms with E-state index in [-0.39, 0.29) is 0 Å². The van der Waals surface area contributed by atoms with Crippen LogP contribution in [0.25, 0.3) is 16.6 Å². The van der Waals surface area contributed by atoms with Gasteiger partial charge in [-0.05, 0) is 42.2 Å². The Hall–Kier alpha value is -4.63. The third-order valence-corrected chi connectivity index (χ3v) is 7.07. The molecular formula is C30H32N6O3. The highest BCUT2D eigenvalue weighted by atomic mass is 16.5. The normalized spacial score (nSPS) is 12.8. The van der Waals surface area contributed by atoms with Crippen molar-refractivity contribution in [2.24, 2.45) is 11.5 Å². The average molecular weight is 525 g/mol. The second kappa shape index (κ2) is 11.4. The number of nitrogens with two attached hydrogens (primary N) is 2. The van der Waals surface area contributed by atoms with Crippen LogP contribution in [-0.2, 0) is 24.1 Å². The largest absolute Gasteiger partial charge is 0.497 e. The van der Waals surface area contributed by atoms with E-state index >= 15 is 0 Å². The Bertz CT molecular complexity index is 1580. The molecule has 1 amide bonds. The number of aromatic nitrogens is 4. The van der Waals surface area contributed by atoms with Gasteiger partial charge in [-0.1, -0.05) is 48.5 Å². The van der Waals surface area contributed by atoms with Crippen LogP contribution >= 0.6 is 0 Å². The zero-order valence-corrected chi connectivity index (χ0v) is 22.0. The number of ether oxygens (including phenoxy) is 2. The van der Waals surface area contributed by atoms with Crippen LogP contribution in [0.4, 0.5) is 0 Å². The third kappa shape index (κ3) is 5.35. The van der Waals surface area contributed by atoms with E-state index in [1.54, 1.807) is 14.2 Å². The molecule has 2 heterocycles. The molecule has 39 heavy (non-hydrogen) atoms. The fourth-order valence-electron chi connectivity index (χ4n) is 4.98. The number of aromatic amines is 1. The minimum atomic E-state index is -0.993. The molecule has 0 aliphatic rings. The topological polar surface area (TPSA) is 134 Å². The predicted octanol–water partition coefficient (Wildman–Crippen LogP) is 3.69. The lowest BCUT2D eigenvalue weighted by Gasteiger charge is -2.23. The Kier molecular flexibility index (Phi) is 7.60. The number of hydrogen-bond donors (Lipinski definition) is 3. The lowest BCUT2D eigenvalue weighted by Crippen LogP contribution is -2.43. The van der Waals surface area contributed by atoms with Crippen molar-refractivity contribution < 1.29 is 14.3 Å². The van der Waals surface area contributed by atoms with E-state index in [2.05, 4.69) is 27.3 Å². The summed E-state index contributed by atoms with van der Waals surface area (Å²) in [4.78, 5) is 15.8. The van der Waals surface area contributed by atoms with Crippen LogP contribution < -0.4 is 20.9 Å². The van der Waals surface area contributed by atoms with Crippen LogP contribution in [0.2, 0.25) is 0 Å². The van der Waals surface area contributed by atoms with Gasteiger partial charge < -0.3 is 25.9 Å². The molecule has 0 saturated carbocycles. The molecule has 2 aromatic heterocycles. The number of rotatable bonds is 11. The molecule has 5 N–H and O–H groups in total. The van der Waals surface area contributed by atoms with Crippen LogP contribution in [0, 0.1) is 0 Å². The lowest BCUT2D eigenvalue weighted by atomic mass is 9.90. The quantitative estimate of drug-likeness (QED) is 0.241. The standard InChI is InChI=1S/C30H32N6O3/c1-38-21-13-14-25(26(17-21)39-2)36-27(15-12-19-8-4-3-5-9-19)34-35-30(36)23(28(31)29(32)37)16-20-18-33-24-11-7-6-10-22(20)24/h3-11,13-14,17-18,23,28,33H,12,15-16,31H2,1-2H3,(H2,32,37). The smallest absolute Gasteiger partial charge is 0.235 e. The zero-order valence-electron chi connectivity index (χ0n) is 22.0. The van der Waals surface area contributed by atoms with E-state index in [1.807, 2.05) is 71.4 Å². The Morgan fingerprint density at radius 3 is 2.49 bits per heavy atom. The molecule has 0 fully saturated rings. The molecule has 0 spiro atoms. The van der Waals surface area contributed by atoms with Gasteiger partial charge in [-0.2, -0.15) is 0 Å². The first-order chi connectivity index (χ1) is 19.0. The molecule has 9 heteroatoms. The monoisotopic (exact) mass is 524 g/mol. The SMILES string of the molecule is COc1ccc(-n2c(CCc3ccccc3)nnc2C(Cc2c[nH]c3ccccc23)C(N)C(N)=O)c(OC)c1. The highest BCUT2D eigenvalue weighted by Gasteiger charge is 2.32. The number of fused-ring (bicyclic) bond motifs is 1. The summed E-state index contributed by atoms with van der Waals surface area (Å²) in [5, 5.41) is 10.3. The van der Waals surface area contributed by atoms with Gasteiger partial charge in [0.05, 0.1) is 25.9 Å². The van der Waals surface area contributed by atoms with Crippen LogP contribution in [0.15, 0.2) is 79.0 Å². The molecule has 200 valence electrons. The van der Waals surface area contributed by atoms with Crippen LogP contribution in [-0.4, -0.2) is 45.9 Å². The first-order valence-electron chi connectivity index (χ1n) is 12.8. The van der Waals surface area contributed by atoms with Gasteiger partial charge in [0.25, 0.3) is 0 Å². The number of primary amides is 1. The van der Waals surface area contributed by atoms with Gasteiger partial charge in [-0.25, -0.2) is 0 Å². The van der Waals surface area contributed by atoms with E-state index in [0.29, 0.717) is 30.2 Å². The van der Waals surface area contributed by atoms with Gasteiger partial charge in [0.1, 0.15) is 23.1 Å². The number of carbonyl (C=O) groups excluding carboxylic acids is 1. The summed E-state index contributed by atoms with van der Waals surface area (Å²) in [6.07, 6.45) is 3.74. The molecule has 5 rings (SSSR count). The Morgan fingerprint density at radius 1 is 0.974 bits per heavy atom. The number of nitrogens with one attached hydrogen (secondary N) is 1. The van der Waals surface area contributed by atoms with Gasteiger partial charge in [0.2, 0.25) is 5.91 Å². The van der Waals surface area contributed by atoms with Crippen molar-refractivity contribution in [3.63, 3.8) is 0 Å². The number of amides is 1. The number of benzene rings is 3. The Balaban J connectivity index is 1.63. The maximum Gasteiger partial charge on any atom is 0.235 e. The Morgan fingerprint density at radius 2 is 1.74 bits per heavy atom. The number of para-hydroxylation sites is 1. The third-order valence-electron chi connectivity index (χ3n) is 7.07. The summed E-state index contributed by atoms with van der Waals surface area (Å²) in [6, 6.07) is 22.8. The molecule has 0 aliphatic heterocycles. The number of methoxy groups -OCH3 is 2. The van der Waals surface area contributed by atoms with Crippen LogP contribution in [0.5, 0.6) is 11.5 Å². The van der Waals surface area contributed by atoms with Crippen molar-refractivity contribution in [1.82, 2.24) is 19.7 Å². The van der Waals surface area contributed by atoms with Crippen molar-refractivity contribution in [1.29, 1.82) is 0 Å². The number of hydrogen-bond acceptors (Lipinski definition) is 6. The highest BCUT2D eigenvalue weighted by Crippen LogP contribution is 2.34. The summed E-state index contributed by atoms with van der Waals surface area (Å²) < 4.78 is 13.1. The molecule has 9 nitrogen and oxygen atoms in total. The minimum absolute atomic E-state index is 0.434. The predicted molar refractivity (Wildman–Crippen MR) is 150 cm³/mol. The number of H-pyrrole nitrogens is 1. The van der Waals surface area contributed by atoms with E-state index in [0.717, 1.165) is 34.4 Å². The van der Waals surface area contributed by atoms with Gasteiger partial charge in [0.15, 0.2) is 0 Å². The molecule has 3 aromatic carbocycles. The second-order valence-electron chi connectivity index (χ2n) is 9.43. The lowest BCUT2D eigenvalue weighted by molar-refractivity contribution is -0.119. The molecular weight excluding hydrogens is 492 g/mol. The summed E-state index contributed by atoms with van der Waals surface area (Å²) in [7, 11) is 3.21. The number of nitrogens with zero attached hydrogens (tertiary/aromatic N) is 3. The average Bonchev–Trinajstić information content (AvgIpc) is 3.58. The highest BCUT2D eigenvalue weighted by molar-refractivity contribution is 5.84. The van der Waals surface area contributed by atoms with Crippen molar-refractivity contribution in [2.45, 2.75) is 31.2 Å². The van der Waals surface area contributed by atoms with E-state index in [4.69, 9.17) is 20.9 Å². The molecule has 0 bridgehead atoms. The van der Waals surface area contributed by atoms with Gasteiger partial charge in [-0.15, -0.1) is 10.2 Å². The number of carbonyl (C=O) groups is 1. The van der Waals surface area contributed by atoms with Crippen LogP contribution in [0.1, 0.15) is 28.7 Å². The Labute approximate surface area is 226 Å². The first-order valence-corrected chi connectivity index (χ1v) is 12.8. The fourth-order valence-corrected chi connectivity index (χ4v) is 4.98. The maximum atomic E-state index is 12.5. The second-order valence-corrected chi connectivity index (χ2v) is 9.43. The van der Waals surface area contributed by atoms with Gasteiger partial charge in [-0.3, -0.25) is 9.36 Å². The molecule has 2 atom stereocenters. The molecule has 5 aromatic rings. The van der Waals surface area contributed by atoms with Gasteiger partial charge >= 0.3 is 0 Å². The van der Waals surface area contributed by atoms with E-state index < -0.39 is 17.9 Å². The fraction of sp³-hybridized carbons (Fsp3) is 0.233. The van der Waals surface area contributed by atoms with E-state index in [1.165, 1.54) is 5.56 Å². The minimum Gasteiger partial charge on any atom is -0.497 e. The maximum absolute atomic E-state index is 12.5. The molecule has 0 saturated heterocycles. The summed E-state index contributed by atoms with van der Waals surface area (Å²) in [6.45, 7) is 0. The van der Waals surface area contributed by atoms with Crippen molar-refractivity contribution >= 4 is 16.8 Å². The summed E-state index contributed by atoms with van der Waals surface area (Å²) >= 11 is 0. The van der Waals surface area contributed by atoms with Crippen molar-refractivity contribution in [3.05, 3.63) is 102 Å². The first kappa shape index (κ1) is 26.0. The molecule has 2 unspecified atom stereocenters. The van der Waals surface area contributed by atoms with Gasteiger partial charge in [0, 0.05) is 35.5 Å². The van der Waals surface area contributed by atoms with E-state index in [9.17, 15) is 4.79 Å². The van der Waals surface area contributed by atoms with Crippen LogP contribution in [0.3, 0.4) is 0 Å². The molecule has 0 aliphatic carbocycles. The number of aryl methyl sites for hydroxylation is 2. The molecule has 0 radical (unpaired) electrons. The summed E-state index contributed by atoms with van der Waals surface area (Å²) in [5.41, 5.74) is 16.2. The van der Waals surface area contributed by atoms with Crippen molar-refractivity contribution in [2.75, 3.05) is 14.2 Å². The van der Waals surface area contributed by atoms with Crippen molar-refractivity contribution in [3.8, 4) is 17.2 Å². The summed E-state index contributed by atoms with van der Waals surface area (Å²) in [5.74, 6) is 1.33. The zero-order chi connectivity index (χ0) is 27.4.